The van der Waals surface area contributed by atoms with E-state index in [2.05, 4.69) is 37.4 Å². The molecule has 2 aromatic rings. The van der Waals surface area contributed by atoms with Crippen molar-refractivity contribution >= 4 is 5.91 Å². The second-order valence-electron chi connectivity index (χ2n) is 6.62. The number of carbonyl (C=O) groups is 1. The van der Waals surface area contributed by atoms with Crippen LogP contribution in [-0.2, 0) is 4.79 Å². The lowest BCUT2D eigenvalue weighted by Gasteiger charge is -2.21. The highest BCUT2D eigenvalue weighted by atomic mass is 16.5. The number of hydrogen-bond donors (Lipinski definition) is 1. The molecule has 0 aliphatic rings. The second-order valence-corrected chi connectivity index (χ2v) is 6.62. The third kappa shape index (κ3) is 4.38. The maximum Gasteiger partial charge on any atom is 0.261 e. The summed E-state index contributed by atoms with van der Waals surface area (Å²) in [6, 6.07) is 12.2. The van der Waals surface area contributed by atoms with Crippen molar-refractivity contribution in [1.29, 1.82) is 0 Å². The molecule has 24 heavy (non-hydrogen) atoms. The van der Waals surface area contributed by atoms with E-state index < -0.39 is 6.10 Å². The van der Waals surface area contributed by atoms with Gasteiger partial charge in [0.15, 0.2) is 6.10 Å². The summed E-state index contributed by atoms with van der Waals surface area (Å²) in [5, 5.41) is 3.05. The summed E-state index contributed by atoms with van der Waals surface area (Å²) in [6.45, 7) is 11.9. The van der Waals surface area contributed by atoms with Crippen LogP contribution in [0, 0.1) is 27.7 Å². The molecule has 0 spiro atoms. The van der Waals surface area contributed by atoms with E-state index in [-0.39, 0.29) is 11.9 Å². The maximum atomic E-state index is 12.5. The van der Waals surface area contributed by atoms with Gasteiger partial charge >= 0.3 is 0 Å². The van der Waals surface area contributed by atoms with Gasteiger partial charge in [0.2, 0.25) is 0 Å². The highest BCUT2D eigenvalue weighted by molar-refractivity contribution is 5.81. The lowest BCUT2D eigenvalue weighted by Crippen LogP contribution is -2.38. The summed E-state index contributed by atoms with van der Waals surface area (Å²) < 4.78 is 5.87. The summed E-state index contributed by atoms with van der Waals surface area (Å²) in [6.07, 6.45) is -0.543. The predicted octanol–water partition coefficient (Wildman–Crippen LogP) is 4.56. The number of ether oxygens (including phenoxy) is 1. The standard InChI is InChI=1S/C21H27NO2/c1-13-7-9-15(3)19(11-13)17(5)22-21(23)18(6)24-20-12-14(2)8-10-16(20)4/h7-12,17-18H,1-6H3,(H,22,23)/t17-,18-/m1/s1. The number of nitrogens with one attached hydrogen (secondary N) is 1. The van der Waals surface area contributed by atoms with Gasteiger partial charge in [-0.1, -0.05) is 35.9 Å². The van der Waals surface area contributed by atoms with Crippen LogP contribution in [0.3, 0.4) is 0 Å². The van der Waals surface area contributed by atoms with Crippen LogP contribution in [0.5, 0.6) is 5.75 Å². The molecule has 0 bridgehead atoms. The molecule has 2 atom stereocenters. The highest BCUT2D eigenvalue weighted by Gasteiger charge is 2.19. The van der Waals surface area contributed by atoms with Crippen LogP contribution >= 0.6 is 0 Å². The van der Waals surface area contributed by atoms with Crippen LogP contribution in [0.4, 0.5) is 0 Å². The molecular weight excluding hydrogens is 298 g/mol. The van der Waals surface area contributed by atoms with Gasteiger partial charge in [0.05, 0.1) is 6.04 Å². The van der Waals surface area contributed by atoms with Crippen LogP contribution < -0.4 is 10.1 Å². The van der Waals surface area contributed by atoms with Crippen LogP contribution in [0.1, 0.15) is 47.7 Å². The molecule has 128 valence electrons. The molecule has 1 N–H and O–H groups in total. The van der Waals surface area contributed by atoms with Crippen molar-refractivity contribution in [3.63, 3.8) is 0 Å². The molecule has 0 heterocycles. The van der Waals surface area contributed by atoms with E-state index in [1.807, 2.05) is 39.0 Å². The number of carbonyl (C=O) groups excluding carboxylic acids is 1. The van der Waals surface area contributed by atoms with Gasteiger partial charge in [-0.3, -0.25) is 4.79 Å². The van der Waals surface area contributed by atoms with Crippen molar-refractivity contribution in [3.8, 4) is 5.75 Å². The first-order valence-corrected chi connectivity index (χ1v) is 8.39. The van der Waals surface area contributed by atoms with Gasteiger partial charge in [0.1, 0.15) is 5.75 Å². The Morgan fingerprint density at radius 1 is 0.917 bits per heavy atom. The predicted molar refractivity (Wildman–Crippen MR) is 98.5 cm³/mol. The minimum Gasteiger partial charge on any atom is -0.481 e. The first-order chi connectivity index (χ1) is 11.3. The number of aryl methyl sites for hydroxylation is 4. The monoisotopic (exact) mass is 325 g/mol. The Hall–Kier alpha value is -2.29. The minimum absolute atomic E-state index is 0.0537. The average Bonchev–Trinajstić information content (AvgIpc) is 2.53. The highest BCUT2D eigenvalue weighted by Crippen LogP contribution is 2.22. The van der Waals surface area contributed by atoms with Gasteiger partial charge < -0.3 is 10.1 Å². The maximum absolute atomic E-state index is 12.5. The average molecular weight is 325 g/mol. The Bertz CT molecular complexity index is 737. The van der Waals surface area contributed by atoms with Gasteiger partial charge in [-0.15, -0.1) is 0 Å². The number of benzene rings is 2. The van der Waals surface area contributed by atoms with Gasteiger partial charge in [0, 0.05) is 0 Å². The first kappa shape index (κ1) is 18.1. The molecule has 0 radical (unpaired) electrons. The van der Waals surface area contributed by atoms with Crippen LogP contribution in [0.15, 0.2) is 36.4 Å². The van der Waals surface area contributed by atoms with Gasteiger partial charge in [-0.05, 0) is 69.9 Å². The minimum atomic E-state index is -0.543. The third-order valence-electron chi connectivity index (χ3n) is 4.28. The second kappa shape index (κ2) is 7.52. The Labute approximate surface area is 145 Å². The number of hydrogen-bond acceptors (Lipinski definition) is 2. The van der Waals surface area contributed by atoms with Crippen molar-refractivity contribution in [1.82, 2.24) is 5.32 Å². The van der Waals surface area contributed by atoms with Crippen molar-refractivity contribution in [2.24, 2.45) is 0 Å². The molecule has 3 nitrogen and oxygen atoms in total. The molecule has 2 rings (SSSR count). The number of amides is 1. The summed E-state index contributed by atoms with van der Waals surface area (Å²) in [7, 11) is 0. The summed E-state index contributed by atoms with van der Waals surface area (Å²) in [5.41, 5.74) is 5.66. The van der Waals surface area contributed by atoms with Gasteiger partial charge in [-0.2, -0.15) is 0 Å². The molecule has 2 aromatic carbocycles. The first-order valence-electron chi connectivity index (χ1n) is 8.39. The van der Waals surface area contributed by atoms with E-state index in [9.17, 15) is 4.79 Å². The van der Waals surface area contributed by atoms with E-state index in [1.54, 1.807) is 6.92 Å². The molecule has 0 saturated heterocycles. The topological polar surface area (TPSA) is 38.3 Å². The zero-order valence-electron chi connectivity index (χ0n) is 15.4. The fourth-order valence-electron chi connectivity index (χ4n) is 2.71. The Kier molecular flexibility index (Phi) is 5.66. The van der Waals surface area contributed by atoms with E-state index in [1.165, 1.54) is 11.1 Å². The van der Waals surface area contributed by atoms with E-state index in [0.717, 1.165) is 22.4 Å². The fraction of sp³-hybridized carbons (Fsp3) is 0.381. The normalized spacial score (nSPS) is 13.2. The van der Waals surface area contributed by atoms with Crippen molar-refractivity contribution < 1.29 is 9.53 Å². The number of rotatable bonds is 5. The molecule has 0 aliphatic heterocycles. The Morgan fingerprint density at radius 3 is 2.17 bits per heavy atom. The lowest BCUT2D eigenvalue weighted by molar-refractivity contribution is -0.127. The quantitative estimate of drug-likeness (QED) is 0.875. The molecule has 0 aliphatic carbocycles. The molecule has 1 amide bonds. The molecule has 0 fully saturated rings. The fourth-order valence-corrected chi connectivity index (χ4v) is 2.71. The third-order valence-corrected chi connectivity index (χ3v) is 4.28. The zero-order chi connectivity index (χ0) is 17.9. The van der Waals surface area contributed by atoms with Crippen LogP contribution in [0.25, 0.3) is 0 Å². The van der Waals surface area contributed by atoms with Crippen molar-refractivity contribution in [2.45, 2.75) is 53.7 Å². The van der Waals surface area contributed by atoms with Gasteiger partial charge in [-0.25, -0.2) is 0 Å². The van der Waals surface area contributed by atoms with E-state index in [4.69, 9.17) is 4.74 Å². The summed E-state index contributed by atoms with van der Waals surface area (Å²) >= 11 is 0. The Morgan fingerprint density at radius 2 is 1.50 bits per heavy atom. The van der Waals surface area contributed by atoms with Crippen molar-refractivity contribution in [2.75, 3.05) is 0 Å². The van der Waals surface area contributed by atoms with E-state index in [0.29, 0.717) is 0 Å². The molecule has 0 saturated carbocycles. The van der Waals surface area contributed by atoms with Gasteiger partial charge in [0.25, 0.3) is 5.91 Å². The SMILES string of the molecule is Cc1ccc(C)c(O[C@H](C)C(=O)N[C@H](C)c2cc(C)ccc2C)c1. The molecule has 0 unspecified atom stereocenters. The Balaban J connectivity index is 2.05. The largest absolute Gasteiger partial charge is 0.481 e. The smallest absolute Gasteiger partial charge is 0.261 e. The zero-order valence-corrected chi connectivity index (χ0v) is 15.4. The van der Waals surface area contributed by atoms with Crippen LogP contribution in [-0.4, -0.2) is 12.0 Å². The lowest BCUT2D eigenvalue weighted by atomic mass is 10.00. The summed E-state index contributed by atoms with van der Waals surface area (Å²) in [4.78, 5) is 12.5. The molecule has 0 aromatic heterocycles. The van der Waals surface area contributed by atoms with Crippen molar-refractivity contribution in [3.05, 3.63) is 64.2 Å². The molecule has 3 heteroatoms. The van der Waals surface area contributed by atoms with E-state index >= 15 is 0 Å². The summed E-state index contributed by atoms with van der Waals surface area (Å²) in [5.74, 6) is 0.654. The molecular formula is C21H27NO2. The van der Waals surface area contributed by atoms with Crippen LogP contribution in [0.2, 0.25) is 0 Å².